The summed E-state index contributed by atoms with van der Waals surface area (Å²) in [6.45, 7) is 0.870. The number of halogens is 1. The minimum Gasteiger partial charge on any atom is -0.369 e. The van der Waals surface area contributed by atoms with Crippen LogP contribution in [0.3, 0.4) is 0 Å². The van der Waals surface area contributed by atoms with Crippen molar-refractivity contribution < 1.29 is 9.18 Å². The van der Waals surface area contributed by atoms with Gasteiger partial charge in [-0.15, -0.1) is 10.2 Å². The number of nitrogens with zero attached hydrogens (tertiary/aromatic N) is 2. The van der Waals surface area contributed by atoms with Crippen LogP contribution in [0.1, 0.15) is 28.0 Å². The number of carbonyl (C=O) groups excluding carboxylic acids is 1. The molecule has 1 aromatic heterocycles. The van der Waals surface area contributed by atoms with Gasteiger partial charge in [-0.25, -0.2) is 4.39 Å². The van der Waals surface area contributed by atoms with Crippen LogP contribution in [-0.2, 0) is 13.0 Å². The zero-order chi connectivity index (χ0) is 18.9. The van der Waals surface area contributed by atoms with E-state index in [1.54, 1.807) is 30.3 Å². The van der Waals surface area contributed by atoms with Crippen LogP contribution in [0.4, 0.5) is 10.2 Å². The third-order valence-electron chi connectivity index (χ3n) is 4.09. The summed E-state index contributed by atoms with van der Waals surface area (Å²) in [5.41, 5.74) is 1.92. The molecule has 1 heterocycles. The highest BCUT2D eigenvalue weighted by Crippen LogP contribution is 2.07. The second-order valence-corrected chi connectivity index (χ2v) is 6.09. The number of hydrogen-bond acceptors (Lipinski definition) is 4. The van der Waals surface area contributed by atoms with Crippen molar-refractivity contribution in [1.29, 1.82) is 0 Å². The summed E-state index contributed by atoms with van der Waals surface area (Å²) in [6, 6.07) is 19.9. The molecule has 2 aromatic carbocycles. The normalized spacial score (nSPS) is 10.4. The molecule has 3 aromatic rings. The lowest BCUT2D eigenvalue weighted by atomic mass is 10.1. The van der Waals surface area contributed by atoms with Crippen molar-refractivity contribution in [2.45, 2.75) is 19.4 Å². The van der Waals surface area contributed by atoms with E-state index in [9.17, 15) is 9.18 Å². The van der Waals surface area contributed by atoms with Crippen molar-refractivity contribution in [2.75, 3.05) is 11.9 Å². The third kappa shape index (κ3) is 5.60. The van der Waals surface area contributed by atoms with Gasteiger partial charge in [0.15, 0.2) is 5.69 Å². The summed E-state index contributed by atoms with van der Waals surface area (Å²) in [5.74, 6) is -0.117. The summed E-state index contributed by atoms with van der Waals surface area (Å²) < 4.78 is 13.6. The summed E-state index contributed by atoms with van der Waals surface area (Å²) in [7, 11) is 0. The van der Waals surface area contributed by atoms with Gasteiger partial charge >= 0.3 is 0 Å². The largest absolute Gasteiger partial charge is 0.369 e. The van der Waals surface area contributed by atoms with E-state index in [4.69, 9.17) is 0 Å². The Morgan fingerprint density at radius 1 is 0.926 bits per heavy atom. The first-order chi connectivity index (χ1) is 13.2. The molecule has 138 valence electrons. The highest BCUT2D eigenvalue weighted by atomic mass is 19.1. The van der Waals surface area contributed by atoms with Gasteiger partial charge < -0.3 is 10.6 Å². The van der Waals surface area contributed by atoms with Gasteiger partial charge in [-0.05, 0) is 36.6 Å². The van der Waals surface area contributed by atoms with Crippen LogP contribution in [0, 0.1) is 5.82 Å². The van der Waals surface area contributed by atoms with Gasteiger partial charge in [0, 0.05) is 18.7 Å². The number of nitrogens with one attached hydrogen (secondary N) is 2. The fourth-order valence-electron chi connectivity index (χ4n) is 2.61. The van der Waals surface area contributed by atoms with Crippen molar-refractivity contribution >= 4 is 11.7 Å². The topological polar surface area (TPSA) is 66.9 Å². The molecule has 0 aliphatic heterocycles. The Bertz CT molecular complexity index is 869. The van der Waals surface area contributed by atoms with E-state index in [2.05, 4.69) is 33.0 Å². The van der Waals surface area contributed by atoms with Gasteiger partial charge in [-0.2, -0.15) is 0 Å². The monoisotopic (exact) mass is 364 g/mol. The maximum Gasteiger partial charge on any atom is 0.272 e. The second-order valence-electron chi connectivity index (χ2n) is 6.09. The Balaban J connectivity index is 1.43. The number of carbonyl (C=O) groups is 1. The molecule has 0 fully saturated rings. The Morgan fingerprint density at radius 2 is 1.70 bits per heavy atom. The van der Waals surface area contributed by atoms with Gasteiger partial charge in [0.1, 0.15) is 11.6 Å². The number of aromatic nitrogens is 2. The highest BCUT2D eigenvalue weighted by Gasteiger charge is 2.09. The molecular formula is C21H21FN4O. The van der Waals surface area contributed by atoms with E-state index in [0.29, 0.717) is 11.4 Å². The number of aryl methyl sites for hydroxylation is 1. The van der Waals surface area contributed by atoms with Crippen molar-refractivity contribution in [3.8, 4) is 0 Å². The van der Waals surface area contributed by atoms with Crippen LogP contribution < -0.4 is 10.6 Å². The van der Waals surface area contributed by atoms with E-state index in [1.165, 1.54) is 11.6 Å². The first-order valence-electron chi connectivity index (χ1n) is 8.85. The molecular weight excluding hydrogens is 343 g/mol. The van der Waals surface area contributed by atoms with Crippen molar-refractivity contribution in [3.63, 3.8) is 0 Å². The molecule has 0 aliphatic rings. The number of benzene rings is 2. The van der Waals surface area contributed by atoms with Crippen LogP contribution in [0.5, 0.6) is 0 Å². The Morgan fingerprint density at radius 3 is 2.44 bits per heavy atom. The second kappa shape index (κ2) is 9.43. The van der Waals surface area contributed by atoms with Gasteiger partial charge in [-0.3, -0.25) is 4.79 Å². The van der Waals surface area contributed by atoms with Crippen LogP contribution in [0.2, 0.25) is 0 Å². The van der Waals surface area contributed by atoms with Crippen LogP contribution >= 0.6 is 0 Å². The first kappa shape index (κ1) is 18.5. The minimum atomic E-state index is -0.388. The zero-order valence-corrected chi connectivity index (χ0v) is 14.9. The van der Waals surface area contributed by atoms with E-state index in [0.717, 1.165) is 19.4 Å². The number of anilines is 1. The average Bonchev–Trinajstić information content (AvgIpc) is 2.72. The molecule has 0 saturated heterocycles. The molecule has 0 unspecified atom stereocenters. The molecule has 2 N–H and O–H groups in total. The smallest absolute Gasteiger partial charge is 0.272 e. The number of amides is 1. The van der Waals surface area contributed by atoms with Crippen molar-refractivity contribution in [2.24, 2.45) is 0 Å². The van der Waals surface area contributed by atoms with E-state index in [1.807, 2.05) is 18.2 Å². The molecule has 0 spiro atoms. The molecule has 3 rings (SSSR count). The van der Waals surface area contributed by atoms with Gasteiger partial charge in [-0.1, -0.05) is 48.5 Å². The molecule has 1 amide bonds. The fraction of sp³-hybridized carbons (Fsp3) is 0.190. The van der Waals surface area contributed by atoms with Crippen LogP contribution in [0.25, 0.3) is 0 Å². The average molecular weight is 364 g/mol. The number of hydrogen-bond donors (Lipinski definition) is 2. The SMILES string of the molecule is O=C(NCc1ccccc1F)c1ccc(NCCCc2ccccc2)nn1. The molecule has 6 heteroatoms. The molecule has 0 radical (unpaired) electrons. The maximum absolute atomic E-state index is 13.6. The molecule has 0 saturated carbocycles. The van der Waals surface area contributed by atoms with E-state index >= 15 is 0 Å². The van der Waals surface area contributed by atoms with Gasteiger partial charge in [0.05, 0.1) is 0 Å². The molecule has 5 nitrogen and oxygen atoms in total. The molecule has 0 bridgehead atoms. The molecule has 27 heavy (non-hydrogen) atoms. The van der Waals surface area contributed by atoms with Crippen molar-refractivity contribution in [3.05, 3.63) is 89.4 Å². The van der Waals surface area contributed by atoms with Crippen LogP contribution in [-0.4, -0.2) is 22.6 Å². The standard InChI is InChI=1S/C21H21FN4O/c22-18-11-5-4-10-17(18)15-24-21(27)19-12-13-20(26-25-19)23-14-6-9-16-7-2-1-3-8-16/h1-5,7-8,10-13H,6,9,14-15H2,(H,23,26)(H,24,27). The summed E-state index contributed by atoms with van der Waals surface area (Å²) in [4.78, 5) is 12.1. The third-order valence-corrected chi connectivity index (χ3v) is 4.09. The predicted molar refractivity (Wildman–Crippen MR) is 103 cm³/mol. The maximum atomic E-state index is 13.6. The highest BCUT2D eigenvalue weighted by molar-refractivity contribution is 5.92. The number of rotatable bonds is 8. The molecule has 0 atom stereocenters. The summed E-state index contributed by atoms with van der Waals surface area (Å²) in [6.07, 6.45) is 1.95. The van der Waals surface area contributed by atoms with Crippen LogP contribution in [0.15, 0.2) is 66.7 Å². The Hall–Kier alpha value is -3.28. The minimum absolute atomic E-state index is 0.104. The summed E-state index contributed by atoms with van der Waals surface area (Å²) in [5, 5.41) is 13.8. The zero-order valence-electron chi connectivity index (χ0n) is 14.9. The lowest BCUT2D eigenvalue weighted by molar-refractivity contribution is 0.0944. The summed E-state index contributed by atoms with van der Waals surface area (Å²) >= 11 is 0. The predicted octanol–water partition coefficient (Wildman–Crippen LogP) is 3.59. The Labute approximate surface area is 157 Å². The quantitative estimate of drug-likeness (QED) is 0.600. The lowest BCUT2D eigenvalue weighted by Gasteiger charge is -2.07. The first-order valence-corrected chi connectivity index (χ1v) is 8.85. The lowest BCUT2D eigenvalue weighted by Crippen LogP contribution is -2.24. The van der Waals surface area contributed by atoms with Gasteiger partial charge in [0.2, 0.25) is 0 Å². The van der Waals surface area contributed by atoms with E-state index < -0.39 is 0 Å². The van der Waals surface area contributed by atoms with Crippen molar-refractivity contribution in [1.82, 2.24) is 15.5 Å². The van der Waals surface area contributed by atoms with Gasteiger partial charge in [0.25, 0.3) is 5.91 Å². The Kier molecular flexibility index (Phi) is 6.46. The fourth-order valence-corrected chi connectivity index (χ4v) is 2.61. The molecule has 0 aliphatic carbocycles. The van der Waals surface area contributed by atoms with E-state index in [-0.39, 0.29) is 24.0 Å².